The van der Waals surface area contributed by atoms with Crippen molar-refractivity contribution in [3.63, 3.8) is 0 Å². The molecule has 21 heavy (non-hydrogen) atoms. The SMILES string of the molecule is Clc1ccccc1Nc1ccc2c(c1)sc1ccccc12. The predicted octanol–water partition coefficient (Wildman–Crippen LogP) is 6.45. The van der Waals surface area contributed by atoms with E-state index in [9.17, 15) is 0 Å². The Morgan fingerprint density at radius 3 is 2.43 bits per heavy atom. The van der Waals surface area contributed by atoms with Crippen LogP contribution >= 0.6 is 22.9 Å². The van der Waals surface area contributed by atoms with Crippen molar-refractivity contribution in [3.05, 3.63) is 71.8 Å². The Hall–Kier alpha value is -2.03. The van der Waals surface area contributed by atoms with E-state index in [1.807, 2.05) is 35.6 Å². The second-order valence-corrected chi connectivity index (χ2v) is 6.40. The first-order valence-electron chi connectivity index (χ1n) is 6.74. The van der Waals surface area contributed by atoms with Crippen molar-refractivity contribution in [2.75, 3.05) is 5.32 Å². The highest BCUT2D eigenvalue weighted by Gasteiger charge is 2.06. The molecule has 1 heterocycles. The third kappa shape index (κ3) is 2.27. The number of fused-ring (bicyclic) bond motifs is 3. The highest BCUT2D eigenvalue weighted by Crippen LogP contribution is 2.36. The van der Waals surface area contributed by atoms with Gasteiger partial charge in [0.15, 0.2) is 0 Å². The lowest BCUT2D eigenvalue weighted by Gasteiger charge is -2.08. The van der Waals surface area contributed by atoms with Gasteiger partial charge in [-0.25, -0.2) is 0 Å². The van der Waals surface area contributed by atoms with Crippen LogP contribution in [-0.2, 0) is 0 Å². The van der Waals surface area contributed by atoms with Gasteiger partial charge < -0.3 is 5.32 Å². The second-order valence-electron chi connectivity index (χ2n) is 4.91. The molecule has 3 aromatic carbocycles. The first-order valence-corrected chi connectivity index (χ1v) is 7.93. The molecule has 0 spiro atoms. The molecular weight excluding hydrogens is 298 g/mol. The van der Waals surface area contributed by atoms with Gasteiger partial charge in [0.25, 0.3) is 0 Å². The van der Waals surface area contributed by atoms with Gasteiger partial charge in [0.05, 0.1) is 10.7 Å². The fourth-order valence-electron chi connectivity index (χ4n) is 2.52. The lowest BCUT2D eigenvalue weighted by atomic mass is 10.1. The van der Waals surface area contributed by atoms with Gasteiger partial charge in [-0.15, -0.1) is 11.3 Å². The minimum absolute atomic E-state index is 0.730. The molecular formula is C18H12ClNS. The second kappa shape index (κ2) is 5.06. The highest BCUT2D eigenvalue weighted by atomic mass is 35.5. The van der Waals surface area contributed by atoms with Crippen molar-refractivity contribution in [1.82, 2.24) is 0 Å². The van der Waals surface area contributed by atoms with Gasteiger partial charge in [0.1, 0.15) is 0 Å². The molecule has 0 amide bonds. The summed E-state index contributed by atoms with van der Waals surface area (Å²) in [5.74, 6) is 0. The van der Waals surface area contributed by atoms with E-state index in [1.165, 1.54) is 20.2 Å². The van der Waals surface area contributed by atoms with E-state index in [0.29, 0.717) is 0 Å². The summed E-state index contributed by atoms with van der Waals surface area (Å²) in [4.78, 5) is 0. The molecule has 0 unspecified atom stereocenters. The number of nitrogens with one attached hydrogen (secondary N) is 1. The maximum absolute atomic E-state index is 6.20. The molecule has 0 fully saturated rings. The van der Waals surface area contributed by atoms with Crippen molar-refractivity contribution in [1.29, 1.82) is 0 Å². The van der Waals surface area contributed by atoms with E-state index < -0.39 is 0 Å². The molecule has 0 aliphatic rings. The molecule has 1 N–H and O–H groups in total. The van der Waals surface area contributed by atoms with Crippen molar-refractivity contribution in [2.45, 2.75) is 0 Å². The number of benzene rings is 3. The van der Waals surface area contributed by atoms with Crippen LogP contribution in [0.25, 0.3) is 20.2 Å². The Labute approximate surface area is 131 Å². The minimum Gasteiger partial charge on any atom is -0.354 e. The summed E-state index contributed by atoms with van der Waals surface area (Å²) in [6, 6.07) is 22.8. The van der Waals surface area contributed by atoms with Gasteiger partial charge in [-0.05, 0) is 30.3 Å². The molecule has 0 atom stereocenters. The molecule has 0 aliphatic heterocycles. The normalized spacial score (nSPS) is 11.1. The number of anilines is 2. The third-order valence-electron chi connectivity index (χ3n) is 3.53. The van der Waals surface area contributed by atoms with E-state index in [1.54, 1.807) is 0 Å². The Morgan fingerprint density at radius 2 is 1.52 bits per heavy atom. The summed E-state index contributed by atoms with van der Waals surface area (Å²) in [5, 5.41) is 6.74. The van der Waals surface area contributed by atoms with Gasteiger partial charge >= 0.3 is 0 Å². The van der Waals surface area contributed by atoms with Crippen LogP contribution in [0.4, 0.5) is 11.4 Å². The molecule has 0 saturated carbocycles. The average Bonchev–Trinajstić information content (AvgIpc) is 2.87. The fraction of sp³-hybridized carbons (Fsp3) is 0. The maximum atomic E-state index is 6.20. The molecule has 102 valence electrons. The number of rotatable bonds is 2. The smallest absolute Gasteiger partial charge is 0.0640 e. The molecule has 4 aromatic rings. The van der Waals surface area contributed by atoms with E-state index in [-0.39, 0.29) is 0 Å². The van der Waals surface area contributed by atoms with Crippen LogP contribution in [0.3, 0.4) is 0 Å². The van der Waals surface area contributed by atoms with Crippen LogP contribution in [0.15, 0.2) is 66.7 Å². The van der Waals surface area contributed by atoms with Gasteiger partial charge in [0.2, 0.25) is 0 Å². The molecule has 0 radical (unpaired) electrons. The fourth-order valence-corrected chi connectivity index (χ4v) is 3.85. The Morgan fingerprint density at radius 1 is 0.762 bits per heavy atom. The molecule has 1 aromatic heterocycles. The molecule has 3 heteroatoms. The zero-order valence-electron chi connectivity index (χ0n) is 11.1. The molecule has 4 rings (SSSR count). The van der Waals surface area contributed by atoms with E-state index in [2.05, 4.69) is 47.8 Å². The largest absolute Gasteiger partial charge is 0.354 e. The highest BCUT2D eigenvalue weighted by molar-refractivity contribution is 7.25. The van der Waals surface area contributed by atoms with Gasteiger partial charge in [-0.2, -0.15) is 0 Å². The van der Waals surface area contributed by atoms with E-state index in [0.717, 1.165) is 16.4 Å². The molecule has 0 aliphatic carbocycles. The molecule has 0 saturated heterocycles. The number of para-hydroxylation sites is 1. The van der Waals surface area contributed by atoms with Crippen LogP contribution in [0.2, 0.25) is 5.02 Å². The number of hydrogen-bond donors (Lipinski definition) is 1. The molecule has 0 bridgehead atoms. The predicted molar refractivity (Wildman–Crippen MR) is 94.1 cm³/mol. The first-order chi connectivity index (χ1) is 10.3. The van der Waals surface area contributed by atoms with E-state index in [4.69, 9.17) is 11.6 Å². The van der Waals surface area contributed by atoms with Crippen LogP contribution in [-0.4, -0.2) is 0 Å². The average molecular weight is 310 g/mol. The van der Waals surface area contributed by atoms with Gasteiger partial charge in [0, 0.05) is 25.9 Å². The third-order valence-corrected chi connectivity index (χ3v) is 4.99. The first kappa shape index (κ1) is 12.7. The Balaban J connectivity index is 1.80. The van der Waals surface area contributed by atoms with Crippen LogP contribution in [0.5, 0.6) is 0 Å². The summed E-state index contributed by atoms with van der Waals surface area (Å²) < 4.78 is 2.61. The van der Waals surface area contributed by atoms with Crippen molar-refractivity contribution in [3.8, 4) is 0 Å². The topological polar surface area (TPSA) is 12.0 Å². The van der Waals surface area contributed by atoms with E-state index >= 15 is 0 Å². The maximum Gasteiger partial charge on any atom is 0.0640 e. The summed E-state index contributed by atoms with van der Waals surface area (Å²) in [6.07, 6.45) is 0. The van der Waals surface area contributed by atoms with Crippen LogP contribution in [0.1, 0.15) is 0 Å². The Kier molecular flexibility index (Phi) is 3.06. The lowest BCUT2D eigenvalue weighted by Crippen LogP contribution is -1.90. The monoisotopic (exact) mass is 309 g/mol. The van der Waals surface area contributed by atoms with Crippen molar-refractivity contribution in [2.24, 2.45) is 0 Å². The quantitative estimate of drug-likeness (QED) is 0.448. The van der Waals surface area contributed by atoms with Gasteiger partial charge in [-0.3, -0.25) is 0 Å². The molecule has 1 nitrogen and oxygen atoms in total. The van der Waals surface area contributed by atoms with Gasteiger partial charge in [-0.1, -0.05) is 48.0 Å². The number of hydrogen-bond acceptors (Lipinski definition) is 2. The number of thiophene rings is 1. The summed E-state index contributed by atoms with van der Waals surface area (Å²) in [6.45, 7) is 0. The summed E-state index contributed by atoms with van der Waals surface area (Å²) in [5.41, 5.74) is 1.99. The number of halogens is 1. The Bertz CT molecular complexity index is 942. The van der Waals surface area contributed by atoms with Crippen LogP contribution in [0, 0.1) is 0 Å². The summed E-state index contributed by atoms with van der Waals surface area (Å²) >= 11 is 8.01. The summed E-state index contributed by atoms with van der Waals surface area (Å²) in [7, 11) is 0. The standard InChI is InChI=1S/C18H12ClNS/c19-15-6-2-3-7-16(15)20-12-9-10-14-13-5-1-4-8-17(13)21-18(14)11-12/h1-11,20H. The van der Waals surface area contributed by atoms with Crippen molar-refractivity contribution >= 4 is 54.5 Å². The van der Waals surface area contributed by atoms with Crippen LogP contribution < -0.4 is 5.32 Å². The van der Waals surface area contributed by atoms with Crippen molar-refractivity contribution < 1.29 is 0 Å². The lowest BCUT2D eigenvalue weighted by molar-refractivity contribution is 1.57. The zero-order valence-corrected chi connectivity index (χ0v) is 12.7. The zero-order chi connectivity index (χ0) is 14.2. The minimum atomic E-state index is 0.730.